The number of nitrogens with two attached hydrogens (primary N) is 1. The van der Waals surface area contributed by atoms with Gasteiger partial charge in [0.05, 0.1) is 0 Å². The van der Waals surface area contributed by atoms with Gasteiger partial charge in [-0.1, -0.05) is 67.1 Å². The molecule has 132 valence electrons. The van der Waals surface area contributed by atoms with Gasteiger partial charge in [0.2, 0.25) is 5.91 Å². The van der Waals surface area contributed by atoms with Crippen molar-refractivity contribution in [2.24, 2.45) is 11.7 Å². The largest absolute Gasteiger partial charge is 0.356 e. The highest BCUT2D eigenvalue weighted by Crippen LogP contribution is 2.28. The zero-order valence-electron chi connectivity index (χ0n) is 14.7. The van der Waals surface area contributed by atoms with Crippen LogP contribution in [0.1, 0.15) is 49.1 Å². The van der Waals surface area contributed by atoms with Gasteiger partial charge < -0.3 is 11.1 Å². The molecule has 3 rings (SSSR count). The standard InChI is InChI=1S/C22H28N2O/c23-20-13-7-12-19(16-20)22(25)24-15-14-21(17-8-3-1-4-9-17)18-10-5-2-6-11-18/h1-6,8-11,19-21H,7,12-16,23H2,(H,24,25). The molecule has 1 saturated carbocycles. The summed E-state index contributed by atoms with van der Waals surface area (Å²) in [6.07, 6.45) is 4.81. The molecule has 3 nitrogen and oxygen atoms in total. The molecule has 0 spiro atoms. The maximum absolute atomic E-state index is 12.4. The van der Waals surface area contributed by atoms with E-state index in [0.717, 1.165) is 32.1 Å². The number of hydrogen-bond donors (Lipinski definition) is 2. The summed E-state index contributed by atoms with van der Waals surface area (Å²) in [5.74, 6) is 0.571. The number of amides is 1. The van der Waals surface area contributed by atoms with Gasteiger partial charge in [0.15, 0.2) is 0 Å². The average molecular weight is 336 g/mol. The van der Waals surface area contributed by atoms with Crippen molar-refractivity contribution < 1.29 is 4.79 Å². The molecule has 1 aliphatic carbocycles. The Labute approximate surface area is 150 Å². The summed E-state index contributed by atoms with van der Waals surface area (Å²) in [6, 6.07) is 21.2. The van der Waals surface area contributed by atoms with E-state index in [1.165, 1.54) is 11.1 Å². The molecular weight excluding hydrogens is 308 g/mol. The second kappa shape index (κ2) is 8.82. The number of carbonyl (C=O) groups excluding carboxylic acids is 1. The molecule has 2 aromatic carbocycles. The van der Waals surface area contributed by atoms with Crippen LogP contribution >= 0.6 is 0 Å². The Balaban J connectivity index is 1.60. The van der Waals surface area contributed by atoms with Crippen molar-refractivity contribution in [1.82, 2.24) is 5.32 Å². The van der Waals surface area contributed by atoms with Crippen LogP contribution in [0.5, 0.6) is 0 Å². The molecule has 2 aromatic rings. The van der Waals surface area contributed by atoms with Gasteiger partial charge in [-0.05, 0) is 36.8 Å². The molecule has 0 radical (unpaired) electrons. The van der Waals surface area contributed by atoms with Gasteiger partial charge >= 0.3 is 0 Å². The molecule has 0 saturated heterocycles. The second-order valence-electron chi connectivity index (χ2n) is 7.08. The fraction of sp³-hybridized carbons (Fsp3) is 0.409. The van der Waals surface area contributed by atoms with Crippen LogP contribution in [0.15, 0.2) is 60.7 Å². The maximum atomic E-state index is 12.4. The van der Waals surface area contributed by atoms with Crippen LogP contribution in [0, 0.1) is 5.92 Å². The summed E-state index contributed by atoms with van der Waals surface area (Å²) in [5.41, 5.74) is 8.60. The van der Waals surface area contributed by atoms with Crippen LogP contribution < -0.4 is 11.1 Å². The molecule has 2 unspecified atom stereocenters. The quantitative estimate of drug-likeness (QED) is 0.842. The number of nitrogens with one attached hydrogen (secondary N) is 1. The van der Waals surface area contributed by atoms with Crippen molar-refractivity contribution in [2.75, 3.05) is 6.54 Å². The predicted octanol–water partition coefficient (Wildman–Crippen LogP) is 3.84. The van der Waals surface area contributed by atoms with E-state index in [9.17, 15) is 4.79 Å². The predicted molar refractivity (Wildman–Crippen MR) is 102 cm³/mol. The van der Waals surface area contributed by atoms with E-state index in [0.29, 0.717) is 12.5 Å². The topological polar surface area (TPSA) is 55.1 Å². The van der Waals surface area contributed by atoms with Crippen molar-refractivity contribution in [3.8, 4) is 0 Å². The molecule has 0 aromatic heterocycles. The number of rotatable bonds is 6. The van der Waals surface area contributed by atoms with E-state index in [1.807, 2.05) is 12.1 Å². The molecule has 0 heterocycles. The first-order chi connectivity index (χ1) is 12.2. The lowest BCUT2D eigenvalue weighted by Gasteiger charge is -2.26. The summed E-state index contributed by atoms with van der Waals surface area (Å²) in [4.78, 5) is 12.4. The molecule has 0 aliphatic heterocycles. The first-order valence-electron chi connectivity index (χ1n) is 9.37. The third-order valence-corrected chi connectivity index (χ3v) is 5.22. The summed E-state index contributed by atoms with van der Waals surface area (Å²) in [7, 11) is 0. The SMILES string of the molecule is NC1CCCC(C(=O)NCCC(c2ccccc2)c2ccccc2)C1. The van der Waals surface area contributed by atoms with Crippen molar-refractivity contribution in [1.29, 1.82) is 0 Å². The van der Waals surface area contributed by atoms with E-state index in [-0.39, 0.29) is 17.9 Å². The summed E-state index contributed by atoms with van der Waals surface area (Å²) >= 11 is 0. The Morgan fingerprint density at radius 3 is 2.16 bits per heavy atom. The van der Waals surface area contributed by atoms with E-state index in [2.05, 4.69) is 53.8 Å². The Morgan fingerprint density at radius 1 is 1.00 bits per heavy atom. The molecule has 1 amide bonds. The lowest BCUT2D eigenvalue weighted by atomic mass is 9.85. The summed E-state index contributed by atoms with van der Waals surface area (Å²) in [6.45, 7) is 0.693. The number of hydrogen-bond acceptors (Lipinski definition) is 2. The zero-order chi connectivity index (χ0) is 17.5. The number of carbonyl (C=O) groups is 1. The normalized spacial score (nSPS) is 20.4. The van der Waals surface area contributed by atoms with Crippen LogP contribution in [-0.4, -0.2) is 18.5 Å². The molecule has 25 heavy (non-hydrogen) atoms. The molecule has 0 bridgehead atoms. The van der Waals surface area contributed by atoms with Gasteiger partial charge in [0.1, 0.15) is 0 Å². The Kier molecular flexibility index (Phi) is 6.24. The minimum absolute atomic E-state index is 0.0932. The molecule has 2 atom stereocenters. The highest BCUT2D eigenvalue weighted by atomic mass is 16.1. The Hall–Kier alpha value is -2.13. The van der Waals surface area contributed by atoms with Crippen LogP contribution in [0.25, 0.3) is 0 Å². The van der Waals surface area contributed by atoms with E-state index in [1.54, 1.807) is 0 Å². The number of benzene rings is 2. The van der Waals surface area contributed by atoms with Crippen molar-refractivity contribution in [3.63, 3.8) is 0 Å². The maximum Gasteiger partial charge on any atom is 0.223 e. The smallest absolute Gasteiger partial charge is 0.223 e. The van der Waals surface area contributed by atoms with Gasteiger partial charge in [-0.2, -0.15) is 0 Å². The fourth-order valence-corrected chi connectivity index (χ4v) is 3.85. The molecular formula is C22H28N2O. The van der Waals surface area contributed by atoms with Crippen molar-refractivity contribution in [3.05, 3.63) is 71.8 Å². The lowest BCUT2D eigenvalue weighted by Crippen LogP contribution is -2.38. The highest BCUT2D eigenvalue weighted by molar-refractivity contribution is 5.78. The minimum Gasteiger partial charge on any atom is -0.356 e. The van der Waals surface area contributed by atoms with Gasteiger partial charge in [0.25, 0.3) is 0 Å². The average Bonchev–Trinajstić information content (AvgIpc) is 2.66. The van der Waals surface area contributed by atoms with Gasteiger partial charge in [-0.3, -0.25) is 4.79 Å². The van der Waals surface area contributed by atoms with Gasteiger partial charge in [0, 0.05) is 24.4 Å². The Bertz CT molecular complexity index is 617. The molecule has 1 fully saturated rings. The van der Waals surface area contributed by atoms with Crippen LogP contribution in [0.3, 0.4) is 0 Å². The fourth-order valence-electron chi connectivity index (χ4n) is 3.85. The van der Waals surface area contributed by atoms with E-state index >= 15 is 0 Å². The Morgan fingerprint density at radius 2 is 1.60 bits per heavy atom. The van der Waals surface area contributed by atoms with Crippen molar-refractivity contribution in [2.45, 2.75) is 44.1 Å². The van der Waals surface area contributed by atoms with Crippen LogP contribution in [0.2, 0.25) is 0 Å². The summed E-state index contributed by atoms with van der Waals surface area (Å²) < 4.78 is 0. The molecule has 1 aliphatic rings. The first kappa shape index (κ1) is 17.7. The third-order valence-electron chi connectivity index (χ3n) is 5.22. The van der Waals surface area contributed by atoms with Gasteiger partial charge in [-0.15, -0.1) is 0 Å². The van der Waals surface area contributed by atoms with Gasteiger partial charge in [-0.25, -0.2) is 0 Å². The third kappa shape index (κ3) is 4.93. The van der Waals surface area contributed by atoms with E-state index in [4.69, 9.17) is 5.73 Å². The lowest BCUT2D eigenvalue weighted by molar-refractivity contribution is -0.126. The molecule has 3 N–H and O–H groups in total. The van der Waals surface area contributed by atoms with Crippen LogP contribution in [0.4, 0.5) is 0 Å². The van der Waals surface area contributed by atoms with E-state index < -0.39 is 0 Å². The first-order valence-corrected chi connectivity index (χ1v) is 9.37. The van der Waals surface area contributed by atoms with Crippen molar-refractivity contribution >= 4 is 5.91 Å². The molecule has 3 heteroatoms. The monoisotopic (exact) mass is 336 g/mol. The minimum atomic E-state index is 0.0932. The zero-order valence-corrected chi connectivity index (χ0v) is 14.7. The highest BCUT2D eigenvalue weighted by Gasteiger charge is 2.25. The second-order valence-corrected chi connectivity index (χ2v) is 7.08. The summed E-state index contributed by atoms with van der Waals surface area (Å²) in [5, 5.41) is 3.15. The van der Waals surface area contributed by atoms with Crippen LogP contribution in [-0.2, 0) is 4.79 Å².